The van der Waals surface area contributed by atoms with Gasteiger partial charge in [-0.2, -0.15) is 0 Å². The Hall–Kier alpha value is -2.52. The fourth-order valence-electron chi connectivity index (χ4n) is 2.23. The molecule has 7 nitrogen and oxygen atoms in total. The molecule has 0 amide bonds. The van der Waals surface area contributed by atoms with Crippen LogP contribution in [0.2, 0.25) is 5.02 Å². The maximum Gasteiger partial charge on any atom is 0.311 e. The van der Waals surface area contributed by atoms with Gasteiger partial charge in [0.05, 0.1) is 33.6 Å². The number of methoxy groups -OCH3 is 1. The molecule has 0 unspecified atom stereocenters. The highest BCUT2D eigenvalue weighted by Gasteiger charge is 2.19. The molecule has 0 saturated heterocycles. The van der Waals surface area contributed by atoms with Crippen molar-refractivity contribution in [3.05, 3.63) is 56.0 Å². The van der Waals surface area contributed by atoms with Crippen LogP contribution in [0.15, 0.2) is 35.1 Å². The van der Waals surface area contributed by atoms with Crippen molar-refractivity contribution in [2.75, 3.05) is 12.4 Å². The summed E-state index contributed by atoms with van der Waals surface area (Å²) >= 11 is 9.01. The Kier molecular flexibility index (Phi) is 4.69. The van der Waals surface area contributed by atoms with Crippen molar-refractivity contribution >= 4 is 55.6 Å². The van der Waals surface area contributed by atoms with Crippen molar-refractivity contribution in [3.63, 3.8) is 0 Å². The SMILES string of the molecule is COc1cc2ncnc(Nc3ccc(Br)c(Cl)c3F)c2cc1[N+](=O)[O-]. The van der Waals surface area contributed by atoms with E-state index in [2.05, 4.69) is 31.2 Å². The number of nitro benzene ring substituents is 1. The van der Waals surface area contributed by atoms with Gasteiger partial charge < -0.3 is 10.1 Å². The van der Waals surface area contributed by atoms with Crippen LogP contribution in [0.5, 0.6) is 5.75 Å². The van der Waals surface area contributed by atoms with Crippen molar-refractivity contribution in [1.29, 1.82) is 0 Å². The first kappa shape index (κ1) is 17.3. The lowest BCUT2D eigenvalue weighted by molar-refractivity contribution is -0.385. The van der Waals surface area contributed by atoms with Gasteiger partial charge in [-0.25, -0.2) is 14.4 Å². The fraction of sp³-hybridized carbons (Fsp3) is 0.0667. The van der Waals surface area contributed by atoms with Gasteiger partial charge in [0.25, 0.3) is 0 Å². The van der Waals surface area contributed by atoms with Gasteiger partial charge in [-0.05, 0) is 28.1 Å². The van der Waals surface area contributed by atoms with E-state index in [4.69, 9.17) is 16.3 Å². The van der Waals surface area contributed by atoms with Crippen molar-refractivity contribution < 1.29 is 14.1 Å². The van der Waals surface area contributed by atoms with Gasteiger partial charge in [0.15, 0.2) is 11.6 Å². The van der Waals surface area contributed by atoms with Crippen molar-refractivity contribution in [3.8, 4) is 5.75 Å². The summed E-state index contributed by atoms with van der Waals surface area (Å²) in [6.45, 7) is 0. The summed E-state index contributed by atoms with van der Waals surface area (Å²) < 4.78 is 19.7. The Morgan fingerprint density at radius 2 is 2.12 bits per heavy atom. The van der Waals surface area contributed by atoms with Gasteiger partial charge in [-0.15, -0.1) is 0 Å². The van der Waals surface area contributed by atoms with E-state index in [1.807, 2.05) is 0 Å². The Morgan fingerprint density at radius 3 is 2.80 bits per heavy atom. The number of nitro groups is 1. The summed E-state index contributed by atoms with van der Waals surface area (Å²) in [6.07, 6.45) is 1.26. The molecule has 10 heteroatoms. The number of nitrogens with zero attached hydrogens (tertiary/aromatic N) is 3. The predicted octanol–water partition coefficient (Wildman–Crippen LogP) is 4.85. The zero-order valence-electron chi connectivity index (χ0n) is 12.6. The number of fused-ring (bicyclic) bond motifs is 1. The average molecular weight is 428 g/mol. The topological polar surface area (TPSA) is 90.2 Å². The number of aromatic nitrogens is 2. The van der Waals surface area contributed by atoms with Crippen LogP contribution in [-0.4, -0.2) is 22.0 Å². The summed E-state index contributed by atoms with van der Waals surface area (Å²) in [4.78, 5) is 18.7. The molecule has 0 saturated carbocycles. The summed E-state index contributed by atoms with van der Waals surface area (Å²) in [5.41, 5.74) is 0.234. The highest BCUT2D eigenvalue weighted by Crippen LogP contribution is 2.36. The van der Waals surface area contributed by atoms with E-state index in [0.29, 0.717) is 15.4 Å². The molecule has 0 aliphatic carbocycles. The maximum absolute atomic E-state index is 14.3. The lowest BCUT2D eigenvalue weighted by atomic mass is 10.2. The second kappa shape index (κ2) is 6.77. The Morgan fingerprint density at radius 1 is 1.36 bits per heavy atom. The van der Waals surface area contributed by atoms with Crippen LogP contribution in [-0.2, 0) is 0 Å². The molecule has 0 aliphatic heterocycles. The first-order chi connectivity index (χ1) is 11.9. The molecule has 0 bridgehead atoms. The quantitative estimate of drug-likeness (QED) is 0.364. The lowest BCUT2D eigenvalue weighted by Crippen LogP contribution is -2.00. The van der Waals surface area contributed by atoms with Crippen molar-refractivity contribution in [2.45, 2.75) is 0 Å². The van der Waals surface area contributed by atoms with Gasteiger partial charge in [0.1, 0.15) is 12.1 Å². The summed E-state index contributed by atoms with van der Waals surface area (Å²) in [7, 11) is 1.33. The Labute approximate surface area is 154 Å². The molecule has 0 radical (unpaired) electrons. The normalized spacial score (nSPS) is 10.7. The third-order valence-electron chi connectivity index (χ3n) is 3.42. The van der Waals surface area contributed by atoms with E-state index in [1.54, 1.807) is 6.07 Å². The first-order valence-electron chi connectivity index (χ1n) is 6.80. The molecule has 0 fully saturated rings. The second-order valence-electron chi connectivity index (χ2n) is 4.87. The second-order valence-corrected chi connectivity index (χ2v) is 6.10. The van der Waals surface area contributed by atoms with Crippen LogP contribution in [0.25, 0.3) is 10.9 Å². The van der Waals surface area contributed by atoms with E-state index in [1.165, 1.54) is 31.6 Å². The number of rotatable bonds is 4. The molecule has 25 heavy (non-hydrogen) atoms. The maximum atomic E-state index is 14.3. The molecule has 1 aromatic heterocycles. The molecule has 0 spiro atoms. The number of halogens is 3. The van der Waals surface area contributed by atoms with E-state index in [9.17, 15) is 14.5 Å². The van der Waals surface area contributed by atoms with Gasteiger partial charge in [-0.1, -0.05) is 11.6 Å². The van der Waals surface area contributed by atoms with Gasteiger partial charge in [-0.3, -0.25) is 10.1 Å². The number of ether oxygens (including phenoxy) is 1. The standard InChI is InChI=1S/C15H9BrClFN4O3/c1-25-12-5-10-7(4-11(12)22(23)24)15(20-6-19-10)21-9-3-2-8(16)13(17)14(9)18/h2-6H,1H3,(H,19,20,21). The van der Waals surface area contributed by atoms with Crippen molar-refractivity contribution in [1.82, 2.24) is 9.97 Å². The summed E-state index contributed by atoms with van der Waals surface area (Å²) in [5, 5.41) is 14.3. The highest BCUT2D eigenvalue weighted by atomic mass is 79.9. The molecule has 2 aromatic carbocycles. The van der Waals surface area contributed by atoms with Crippen LogP contribution in [0.4, 0.5) is 21.6 Å². The largest absolute Gasteiger partial charge is 0.490 e. The van der Waals surface area contributed by atoms with E-state index >= 15 is 0 Å². The molecule has 0 atom stereocenters. The zero-order valence-corrected chi connectivity index (χ0v) is 14.9. The molecule has 128 valence electrons. The van der Waals surface area contributed by atoms with E-state index in [0.717, 1.165) is 0 Å². The molecule has 3 rings (SSSR count). The summed E-state index contributed by atoms with van der Waals surface area (Å²) in [5.74, 6) is -0.404. The van der Waals surface area contributed by atoms with E-state index in [-0.39, 0.29) is 28.0 Å². The van der Waals surface area contributed by atoms with Crippen LogP contribution in [0.3, 0.4) is 0 Å². The molecule has 1 heterocycles. The van der Waals surface area contributed by atoms with Gasteiger partial charge in [0.2, 0.25) is 0 Å². The Balaban J connectivity index is 2.15. The molecule has 0 aliphatic rings. The number of hydrogen-bond donors (Lipinski definition) is 1. The number of benzene rings is 2. The third kappa shape index (κ3) is 3.20. The van der Waals surface area contributed by atoms with Crippen LogP contribution >= 0.6 is 27.5 Å². The highest BCUT2D eigenvalue weighted by molar-refractivity contribution is 9.10. The minimum Gasteiger partial charge on any atom is -0.490 e. The number of anilines is 2. The van der Waals surface area contributed by atoms with Crippen LogP contribution in [0.1, 0.15) is 0 Å². The number of nitrogens with one attached hydrogen (secondary N) is 1. The van der Waals surface area contributed by atoms with Crippen LogP contribution < -0.4 is 10.1 Å². The van der Waals surface area contributed by atoms with Crippen molar-refractivity contribution in [2.24, 2.45) is 0 Å². The average Bonchev–Trinajstić information content (AvgIpc) is 2.61. The molecular weight excluding hydrogens is 419 g/mol. The summed E-state index contributed by atoms with van der Waals surface area (Å²) in [6, 6.07) is 5.74. The zero-order chi connectivity index (χ0) is 18.1. The lowest BCUT2D eigenvalue weighted by Gasteiger charge is -2.11. The van der Waals surface area contributed by atoms with Crippen LogP contribution in [0, 0.1) is 15.9 Å². The van der Waals surface area contributed by atoms with Gasteiger partial charge in [0, 0.05) is 16.6 Å². The fourth-order valence-corrected chi connectivity index (χ4v) is 2.70. The monoisotopic (exact) mass is 426 g/mol. The number of hydrogen-bond acceptors (Lipinski definition) is 6. The predicted molar refractivity (Wildman–Crippen MR) is 95.1 cm³/mol. The third-order valence-corrected chi connectivity index (χ3v) is 4.68. The smallest absolute Gasteiger partial charge is 0.311 e. The van der Waals surface area contributed by atoms with Gasteiger partial charge >= 0.3 is 5.69 Å². The molecule has 3 aromatic rings. The Bertz CT molecular complexity index is 1000. The molecular formula is C15H9BrClFN4O3. The molecule has 1 N–H and O–H groups in total. The minimum absolute atomic E-state index is 0.0695. The minimum atomic E-state index is -0.675. The van der Waals surface area contributed by atoms with E-state index < -0.39 is 10.7 Å². The first-order valence-corrected chi connectivity index (χ1v) is 7.97.